The molecule has 3 unspecified atom stereocenters. The zero-order chi connectivity index (χ0) is 10.2. The standard InChI is InChI=1S/C12H22O2/c1-9-4-10(2)6-11(5-9)13-7-12(3)8-14-12/h9-11H,4-8H2,1-3H3. The van der Waals surface area contributed by atoms with Gasteiger partial charge in [-0.15, -0.1) is 0 Å². The first-order valence-corrected chi connectivity index (χ1v) is 5.83. The monoisotopic (exact) mass is 198 g/mol. The van der Waals surface area contributed by atoms with Crippen LogP contribution in [0, 0.1) is 11.8 Å². The van der Waals surface area contributed by atoms with Gasteiger partial charge in [0.25, 0.3) is 0 Å². The molecule has 0 aromatic carbocycles. The van der Waals surface area contributed by atoms with E-state index in [-0.39, 0.29) is 5.60 Å². The van der Waals surface area contributed by atoms with Gasteiger partial charge in [0, 0.05) is 0 Å². The zero-order valence-corrected chi connectivity index (χ0v) is 9.58. The lowest BCUT2D eigenvalue weighted by molar-refractivity contribution is -0.0199. The molecule has 0 aromatic rings. The van der Waals surface area contributed by atoms with Gasteiger partial charge in [-0.2, -0.15) is 0 Å². The van der Waals surface area contributed by atoms with Crippen LogP contribution in [0.2, 0.25) is 0 Å². The predicted octanol–water partition coefficient (Wildman–Crippen LogP) is 2.62. The van der Waals surface area contributed by atoms with Crippen molar-refractivity contribution in [2.24, 2.45) is 11.8 Å². The minimum Gasteiger partial charge on any atom is -0.375 e. The van der Waals surface area contributed by atoms with Crippen LogP contribution in [0.1, 0.15) is 40.0 Å². The summed E-state index contributed by atoms with van der Waals surface area (Å²) in [7, 11) is 0. The molecule has 2 fully saturated rings. The third-order valence-electron chi connectivity index (χ3n) is 3.40. The summed E-state index contributed by atoms with van der Waals surface area (Å²) in [5, 5.41) is 0. The van der Waals surface area contributed by atoms with E-state index in [4.69, 9.17) is 9.47 Å². The molecule has 0 aromatic heterocycles. The molecule has 1 saturated heterocycles. The van der Waals surface area contributed by atoms with E-state index in [2.05, 4.69) is 20.8 Å². The fourth-order valence-electron chi connectivity index (χ4n) is 2.51. The SMILES string of the molecule is CC1CC(C)CC(OCC2(C)CO2)C1. The van der Waals surface area contributed by atoms with Crippen molar-refractivity contribution in [3.8, 4) is 0 Å². The molecule has 2 heteroatoms. The quantitative estimate of drug-likeness (QED) is 0.650. The maximum absolute atomic E-state index is 5.93. The molecule has 0 amide bonds. The molecule has 0 spiro atoms. The van der Waals surface area contributed by atoms with Gasteiger partial charge in [-0.05, 0) is 38.0 Å². The van der Waals surface area contributed by atoms with E-state index >= 15 is 0 Å². The lowest BCUT2D eigenvalue weighted by Crippen LogP contribution is -2.29. The minimum absolute atomic E-state index is 0.0594. The Labute approximate surface area is 87.0 Å². The summed E-state index contributed by atoms with van der Waals surface area (Å²) in [6.45, 7) is 8.47. The summed E-state index contributed by atoms with van der Waals surface area (Å²) in [6.07, 6.45) is 4.32. The summed E-state index contributed by atoms with van der Waals surface area (Å²) >= 11 is 0. The van der Waals surface area contributed by atoms with Crippen LogP contribution < -0.4 is 0 Å². The Balaban J connectivity index is 1.74. The first-order chi connectivity index (χ1) is 6.57. The number of hydrogen-bond donors (Lipinski definition) is 0. The second kappa shape index (κ2) is 3.82. The number of epoxide rings is 1. The van der Waals surface area contributed by atoms with Crippen LogP contribution in [0.4, 0.5) is 0 Å². The van der Waals surface area contributed by atoms with Crippen molar-refractivity contribution in [3.63, 3.8) is 0 Å². The average molecular weight is 198 g/mol. The molecule has 1 heterocycles. The Morgan fingerprint density at radius 2 is 1.79 bits per heavy atom. The molecule has 2 rings (SSSR count). The molecule has 0 bridgehead atoms. The van der Waals surface area contributed by atoms with Gasteiger partial charge in [-0.25, -0.2) is 0 Å². The van der Waals surface area contributed by atoms with E-state index in [0.717, 1.165) is 25.0 Å². The maximum Gasteiger partial charge on any atom is 0.112 e. The Kier molecular flexibility index (Phi) is 2.85. The summed E-state index contributed by atoms with van der Waals surface area (Å²) in [5.41, 5.74) is 0.0594. The molecular weight excluding hydrogens is 176 g/mol. The van der Waals surface area contributed by atoms with Crippen molar-refractivity contribution in [1.82, 2.24) is 0 Å². The lowest BCUT2D eigenvalue weighted by atomic mass is 9.82. The van der Waals surface area contributed by atoms with Crippen molar-refractivity contribution >= 4 is 0 Å². The predicted molar refractivity (Wildman–Crippen MR) is 56.3 cm³/mol. The van der Waals surface area contributed by atoms with Crippen LogP contribution in [0.5, 0.6) is 0 Å². The van der Waals surface area contributed by atoms with Crippen molar-refractivity contribution in [3.05, 3.63) is 0 Å². The van der Waals surface area contributed by atoms with Gasteiger partial charge in [-0.3, -0.25) is 0 Å². The Morgan fingerprint density at radius 3 is 2.29 bits per heavy atom. The number of ether oxygens (including phenoxy) is 2. The zero-order valence-electron chi connectivity index (χ0n) is 9.58. The van der Waals surface area contributed by atoms with Gasteiger partial charge in [-0.1, -0.05) is 13.8 Å². The van der Waals surface area contributed by atoms with Crippen LogP contribution in [0.15, 0.2) is 0 Å². The first-order valence-electron chi connectivity index (χ1n) is 5.83. The first kappa shape index (κ1) is 10.4. The Morgan fingerprint density at radius 1 is 1.21 bits per heavy atom. The Hall–Kier alpha value is -0.0800. The fourth-order valence-corrected chi connectivity index (χ4v) is 2.51. The molecular formula is C12H22O2. The van der Waals surface area contributed by atoms with Crippen LogP contribution in [-0.4, -0.2) is 24.9 Å². The fraction of sp³-hybridized carbons (Fsp3) is 1.00. The molecule has 1 saturated carbocycles. The molecule has 2 aliphatic rings. The van der Waals surface area contributed by atoms with Gasteiger partial charge in [0.2, 0.25) is 0 Å². The third-order valence-corrected chi connectivity index (χ3v) is 3.40. The molecule has 0 N–H and O–H groups in total. The highest BCUT2D eigenvalue weighted by molar-refractivity contribution is 4.87. The maximum atomic E-state index is 5.93. The smallest absolute Gasteiger partial charge is 0.112 e. The molecule has 2 nitrogen and oxygen atoms in total. The third kappa shape index (κ3) is 2.71. The average Bonchev–Trinajstić information content (AvgIpc) is 2.80. The summed E-state index contributed by atoms with van der Waals surface area (Å²) < 4.78 is 11.2. The summed E-state index contributed by atoms with van der Waals surface area (Å²) in [4.78, 5) is 0. The van der Waals surface area contributed by atoms with Crippen molar-refractivity contribution in [2.75, 3.05) is 13.2 Å². The number of rotatable bonds is 3. The largest absolute Gasteiger partial charge is 0.375 e. The van der Waals surface area contributed by atoms with Gasteiger partial charge >= 0.3 is 0 Å². The molecule has 1 aliphatic carbocycles. The number of hydrogen-bond acceptors (Lipinski definition) is 2. The molecule has 14 heavy (non-hydrogen) atoms. The van der Waals surface area contributed by atoms with E-state index in [1.54, 1.807) is 0 Å². The highest BCUT2D eigenvalue weighted by Gasteiger charge is 2.40. The highest BCUT2D eigenvalue weighted by Crippen LogP contribution is 2.32. The van der Waals surface area contributed by atoms with Crippen LogP contribution in [-0.2, 0) is 9.47 Å². The van der Waals surface area contributed by atoms with Crippen LogP contribution >= 0.6 is 0 Å². The lowest BCUT2D eigenvalue weighted by Gasteiger charge is -2.31. The van der Waals surface area contributed by atoms with Crippen molar-refractivity contribution < 1.29 is 9.47 Å². The van der Waals surface area contributed by atoms with Crippen LogP contribution in [0.3, 0.4) is 0 Å². The van der Waals surface area contributed by atoms with Crippen molar-refractivity contribution in [1.29, 1.82) is 0 Å². The second-order valence-corrected chi connectivity index (χ2v) is 5.59. The van der Waals surface area contributed by atoms with E-state index in [9.17, 15) is 0 Å². The second-order valence-electron chi connectivity index (χ2n) is 5.59. The molecule has 1 aliphatic heterocycles. The Bertz CT molecular complexity index is 188. The van der Waals surface area contributed by atoms with Gasteiger partial charge < -0.3 is 9.47 Å². The van der Waals surface area contributed by atoms with Gasteiger partial charge in [0.1, 0.15) is 5.60 Å². The molecule has 82 valence electrons. The summed E-state index contributed by atoms with van der Waals surface area (Å²) in [6, 6.07) is 0. The van der Waals surface area contributed by atoms with Gasteiger partial charge in [0.15, 0.2) is 0 Å². The van der Waals surface area contributed by atoms with E-state index < -0.39 is 0 Å². The molecule has 3 atom stereocenters. The molecule has 0 radical (unpaired) electrons. The minimum atomic E-state index is 0.0594. The summed E-state index contributed by atoms with van der Waals surface area (Å²) in [5.74, 6) is 1.66. The van der Waals surface area contributed by atoms with Crippen LogP contribution in [0.25, 0.3) is 0 Å². The van der Waals surface area contributed by atoms with E-state index in [1.807, 2.05) is 0 Å². The van der Waals surface area contributed by atoms with Gasteiger partial charge in [0.05, 0.1) is 19.3 Å². The highest BCUT2D eigenvalue weighted by atomic mass is 16.6. The van der Waals surface area contributed by atoms with E-state index in [1.165, 1.54) is 19.3 Å². The topological polar surface area (TPSA) is 21.8 Å². The van der Waals surface area contributed by atoms with E-state index in [0.29, 0.717) is 6.10 Å². The normalized spacial score (nSPS) is 47.8. The van der Waals surface area contributed by atoms with Crippen molar-refractivity contribution in [2.45, 2.75) is 51.7 Å².